The number of hydrogen-bond acceptors (Lipinski definition) is 12. The van der Waals surface area contributed by atoms with Gasteiger partial charge < -0.3 is 0 Å². The van der Waals surface area contributed by atoms with E-state index in [1.54, 1.807) is 34.0 Å². The van der Waals surface area contributed by atoms with Gasteiger partial charge in [-0.3, -0.25) is 13.7 Å². The molecule has 12 aromatic heterocycles. The van der Waals surface area contributed by atoms with Crippen LogP contribution in [0.2, 0.25) is 0 Å². The number of aromatic nitrogens is 9. The molecule has 15 heteroatoms. The van der Waals surface area contributed by atoms with Crippen LogP contribution in [0.15, 0.2) is 431 Å². The Morgan fingerprint density at radius 1 is 0.161 bits per heavy atom. The van der Waals surface area contributed by atoms with Gasteiger partial charge in [0, 0.05) is 172 Å². The average Bonchev–Trinajstić information content (AvgIpc) is 1.54. The quantitative estimate of drug-likeness (QED) is 0.158. The van der Waals surface area contributed by atoms with E-state index in [1.807, 2.05) is 34.0 Å². The Morgan fingerprint density at radius 3 is 0.853 bits per heavy atom. The number of fused-ring (bicyclic) bond motifs is 41. The minimum atomic E-state index is 0.694. The molecule has 0 radical (unpaired) electrons. The minimum Gasteiger partial charge on any atom is -0.277 e. The van der Waals surface area contributed by atoms with E-state index in [4.69, 9.17) is 29.9 Å². The second-order valence-electron chi connectivity index (χ2n) is 36.8. The Kier molecular flexibility index (Phi) is 17.9. The molecule has 21 aromatic carbocycles. The Bertz CT molecular complexity index is 11300. The van der Waals surface area contributed by atoms with Crippen molar-refractivity contribution in [2.24, 2.45) is 0 Å². The Labute approximate surface area is 838 Å². The lowest BCUT2D eigenvalue weighted by molar-refractivity contribution is 1.02. The number of rotatable bonds is 7. The molecule has 0 bridgehead atoms. The van der Waals surface area contributed by atoms with Crippen molar-refractivity contribution in [3.8, 4) is 62.7 Å². The highest BCUT2D eigenvalue weighted by Crippen LogP contribution is 2.55. The maximum Gasteiger partial charge on any atom is 0.236 e. The Hall–Kier alpha value is -17.1. The van der Waals surface area contributed by atoms with Crippen LogP contribution in [0.25, 0.3) is 303 Å². The molecule has 12 heterocycles. The van der Waals surface area contributed by atoms with E-state index in [-0.39, 0.29) is 0 Å². The summed E-state index contributed by atoms with van der Waals surface area (Å²) in [4.78, 5) is 36.0. The van der Waals surface area contributed by atoms with Crippen molar-refractivity contribution in [1.82, 2.24) is 43.6 Å². The summed E-state index contributed by atoms with van der Waals surface area (Å²) in [6.07, 6.45) is 0. The van der Waals surface area contributed by atoms with Crippen LogP contribution >= 0.6 is 68.0 Å². The van der Waals surface area contributed by atoms with Gasteiger partial charge in [-0.15, -0.1) is 68.0 Å². The lowest BCUT2D eigenvalue weighted by Crippen LogP contribution is -2.03. The highest BCUT2D eigenvalue weighted by Gasteiger charge is 2.31. The predicted octanol–water partition coefficient (Wildman–Crippen LogP) is 37.4. The second kappa shape index (κ2) is 31.7. The zero-order chi connectivity index (χ0) is 93.3. The fourth-order valence-electron chi connectivity index (χ4n) is 22.9. The van der Waals surface area contributed by atoms with Gasteiger partial charge >= 0.3 is 0 Å². The number of thiophene rings is 6. The number of para-hydroxylation sites is 3. The standard InChI is InChI=1S/C44H25N3S2.2C42H23N3S2/c1-2-12-26(13-3-1)27-22-24-28(25-23-27)40-38-32-17-7-11-21-36(32)49-43(38)46-44(45-40)47-34-19-9-6-16-31(34)37-29-14-4-5-15-30(29)42-39(41(37)47)33-18-8-10-20-35(33)48-42;1-2-14-25-24(12-1)13-11-20-27(25)38-36-30-18-6-10-23-34(30)47-41(36)44-42(43-38)45-32-21-8-5-17-29(32)35-26-15-3-4-16-28(26)40-37(39(35)45)31-19-7-9-22-33(31)46-40;1-2-12-25-23-26(22-21-24(25)11-1)38-36-30-16-6-10-20-34(30)47-41(36)44-42(43-38)45-32-18-8-5-15-29(32)35-27-13-3-4-14-28(27)40-37(39(35)45)31-17-7-9-19-33(31)46-40/h1-25H;2*1-23H. The monoisotopic (exact) mass is 1930 g/mol. The molecule has 0 spiro atoms. The van der Waals surface area contributed by atoms with E-state index >= 15 is 0 Å². The largest absolute Gasteiger partial charge is 0.277 e. The molecule has 0 unspecified atom stereocenters. The van der Waals surface area contributed by atoms with Crippen molar-refractivity contribution >= 4 is 309 Å². The van der Waals surface area contributed by atoms with Crippen molar-refractivity contribution < 1.29 is 0 Å². The highest BCUT2D eigenvalue weighted by molar-refractivity contribution is 7.28. The molecule has 9 nitrogen and oxygen atoms in total. The molecule has 143 heavy (non-hydrogen) atoms. The highest BCUT2D eigenvalue weighted by atomic mass is 32.1. The lowest BCUT2D eigenvalue weighted by Gasteiger charge is -2.13. The molecule has 0 fully saturated rings. The van der Waals surface area contributed by atoms with Gasteiger partial charge in [-0.05, 0) is 109 Å². The van der Waals surface area contributed by atoms with Gasteiger partial charge in [-0.1, -0.05) is 370 Å². The van der Waals surface area contributed by atoms with Crippen LogP contribution in [0.4, 0.5) is 0 Å². The molecule has 664 valence electrons. The van der Waals surface area contributed by atoms with E-state index in [1.165, 1.54) is 199 Å². The van der Waals surface area contributed by atoms with Crippen LogP contribution in [-0.4, -0.2) is 43.6 Å². The first kappa shape index (κ1) is 80.8. The zero-order valence-corrected chi connectivity index (χ0v) is 80.9. The molecule has 0 atom stereocenters. The molecule has 33 aromatic rings. The average molecular weight is 1930 g/mol. The molecule has 0 saturated carbocycles. The van der Waals surface area contributed by atoms with Gasteiger partial charge in [0.1, 0.15) is 14.5 Å². The SMILES string of the molecule is c1ccc(-c2ccc(-c3nc(-n4c5ccccc5c5c6ccccc6c6sc7ccccc7c6c54)nc4sc5ccccc5c34)cc2)cc1.c1ccc2c(-c3nc(-n4c5ccccc5c5c6ccccc6c6sc7ccccc7c6c54)nc4sc5ccccc5c34)cccc2c1.c1ccc2cc(-c3nc(-n4c5ccccc5c5c6ccccc6c6sc7ccccc7c6c54)nc4sc5ccccc5c34)ccc2c1. The summed E-state index contributed by atoms with van der Waals surface area (Å²) in [5.74, 6) is 2.09. The van der Waals surface area contributed by atoms with Gasteiger partial charge in [0.05, 0.1) is 50.2 Å². The lowest BCUT2D eigenvalue weighted by atomic mass is 9.99. The molecule has 0 aliphatic rings. The smallest absolute Gasteiger partial charge is 0.236 e. The van der Waals surface area contributed by atoms with Crippen LogP contribution in [0, 0.1) is 0 Å². The fraction of sp³-hybridized carbons (Fsp3) is 0. The summed E-state index contributed by atoms with van der Waals surface area (Å²) in [5, 5.41) is 34.3. The normalized spacial score (nSPS) is 12.2. The van der Waals surface area contributed by atoms with Crippen molar-refractivity contribution in [3.63, 3.8) is 0 Å². The maximum atomic E-state index is 5.60. The summed E-state index contributed by atoms with van der Waals surface area (Å²) in [7, 11) is 0. The van der Waals surface area contributed by atoms with Crippen LogP contribution < -0.4 is 0 Å². The molecular weight excluding hydrogens is 1860 g/mol. The third-order valence-corrected chi connectivity index (χ3v) is 35.9. The van der Waals surface area contributed by atoms with Gasteiger partial charge in [0.15, 0.2) is 0 Å². The minimum absolute atomic E-state index is 0.694. The topological polar surface area (TPSA) is 92.1 Å². The number of nitrogens with zero attached hydrogens (tertiary/aromatic N) is 9. The van der Waals surface area contributed by atoms with Crippen molar-refractivity contribution in [2.45, 2.75) is 0 Å². The van der Waals surface area contributed by atoms with E-state index in [0.717, 1.165) is 86.5 Å². The first-order valence-corrected chi connectivity index (χ1v) is 52.8. The molecular formula is C128H71N9S6. The van der Waals surface area contributed by atoms with E-state index in [2.05, 4.69) is 444 Å². The summed E-state index contributed by atoms with van der Waals surface area (Å²) >= 11 is 10.9. The van der Waals surface area contributed by atoms with Crippen LogP contribution in [0.1, 0.15) is 0 Å². The van der Waals surface area contributed by atoms with Gasteiger partial charge in [0.2, 0.25) is 17.8 Å². The van der Waals surface area contributed by atoms with Crippen molar-refractivity contribution in [1.29, 1.82) is 0 Å². The Balaban J connectivity index is 0.0000000981. The molecule has 0 saturated heterocycles. The number of hydrogen-bond donors (Lipinski definition) is 0. The zero-order valence-electron chi connectivity index (χ0n) is 76.0. The summed E-state index contributed by atoms with van der Waals surface area (Å²) in [5.41, 5.74) is 15.4. The van der Waals surface area contributed by atoms with Gasteiger partial charge in [-0.25, -0.2) is 29.9 Å². The Morgan fingerprint density at radius 2 is 0.441 bits per heavy atom. The summed E-state index contributed by atoms with van der Waals surface area (Å²) in [6, 6.07) is 155. The third kappa shape index (κ3) is 12.2. The number of benzene rings is 21. The van der Waals surface area contributed by atoms with Gasteiger partial charge in [0.25, 0.3) is 0 Å². The molecule has 33 rings (SSSR count). The summed E-state index contributed by atoms with van der Waals surface area (Å²) < 4.78 is 18.4. The first-order chi connectivity index (χ1) is 71.0. The molecule has 0 aliphatic heterocycles. The third-order valence-electron chi connectivity index (χ3n) is 29.1. The van der Waals surface area contributed by atoms with E-state index in [0.29, 0.717) is 17.8 Å². The van der Waals surface area contributed by atoms with E-state index in [9.17, 15) is 0 Å². The molecule has 0 amide bonds. The predicted molar refractivity (Wildman–Crippen MR) is 616 cm³/mol. The maximum absolute atomic E-state index is 5.60. The van der Waals surface area contributed by atoms with Gasteiger partial charge in [-0.2, -0.15) is 0 Å². The molecule has 0 aliphatic carbocycles. The van der Waals surface area contributed by atoms with Crippen molar-refractivity contribution in [2.75, 3.05) is 0 Å². The van der Waals surface area contributed by atoms with Crippen LogP contribution in [0.3, 0.4) is 0 Å². The fourth-order valence-corrected chi connectivity index (χ4v) is 29.9. The molecule has 0 N–H and O–H groups in total. The summed E-state index contributed by atoms with van der Waals surface area (Å²) in [6.45, 7) is 0. The first-order valence-electron chi connectivity index (χ1n) is 47.9. The van der Waals surface area contributed by atoms with Crippen LogP contribution in [0.5, 0.6) is 0 Å². The van der Waals surface area contributed by atoms with Crippen LogP contribution in [-0.2, 0) is 0 Å². The van der Waals surface area contributed by atoms with E-state index < -0.39 is 0 Å². The second-order valence-corrected chi connectivity index (χ2v) is 43.0. The van der Waals surface area contributed by atoms with Crippen molar-refractivity contribution in [3.05, 3.63) is 431 Å².